The van der Waals surface area contributed by atoms with Gasteiger partial charge in [0, 0.05) is 0 Å². The predicted molar refractivity (Wildman–Crippen MR) is 132 cm³/mol. The Bertz CT molecular complexity index is 1120. The van der Waals surface area contributed by atoms with Gasteiger partial charge < -0.3 is 24.5 Å². The van der Waals surface area contributed by atoms with Gasteiger partial charge in [0.15, 0.2) is 11.2 Å². The van der Waals surface area contributed by atoms with E-state index in [4.69, 9.17) is 33.5 Å². The summed E-state index contributed by atoms with van der Waals surface area (Å²) in [5, 5.41) is 0. The molecular formula is C22H34N5O9P. The minimum Gasteiger partial charge on any atom is -0.438 e. The SMILES string of the molecule is CC(C)(C)C(=O)OCOP(OCOC(=O)C(C)(C)C)OCC1CCC(n2cnc3c(=O)[nH]c(N)nc32)O1. The van der Waals surface area contributed by atoms with Gasteiger partial charge in [-0.2, -0.15) is 4.98 Å². The van der Waals surface area contributed by atoms with Crippen LogP contribution in [0.4, 0.5) is 5.95 Å². The van der Waals surface area contributed by atoms with E-state index in [1.54, 1.807) is 46.1 Å². The first kappa shape index (κ1) is 28.9. The molecule has 1 saturated heterocycles. The predicted octanol–water partition coefficient (Wildman–Crippen LogP) is 2.75. The summed E-state index contributed by atoms with van der Waals surface area (Å²) in [4.78, 5) is 46.7. The largest absolute Gasteiger partial charge is 0.438 e. The van der Waals surface area contributed by atoms with Crippen LogP contribution in [0, 0.1) is 10.8 Å². The third-order valence-electron chi connectivity index (χ3n) is 5.13. The van der Waals surface area contributed by atoms with Gasteiger partial charge in [0.25, 0.3) is 5.56 Å². The number of nitrogen functional groups attached to an aromatic ring is 1. The van der Waals surface area contributed by atoms with Crippen molar-refractivity contribution in [1.82, 2.24) is 19.5 Å². The molecule has 0 saturated carbocycles. The van der Waals surface area contributed by atoms with Gasteiger partial charge in [0.05, 0.1) is 29.9 Å². The molecule has 2 aromatic rings. The lowest BCUT2D eigenvalue weighted by Gasteiger charge is -2.22. The van der Waals surface area contributed by atoms with E-state index in [2.05, 4.69) is 15.0 Å². The number of esters is 2. The van der Waals surface area contributed by atoms with E-state index in [1.165, 1.54) is 6.33 Å². The molecule has 1 aliphatic heterocycles. The zero-order valence-electron chi connectivity index (χ0n) is 21.8. The van der Waals surface area contributed by atoms with Crippen LogP contribution < -0.4 is 11.3 Å². The topological polar surface area (TPSA) is 179 Å². The number of nitrogens with one attached hydrogen (secondary N) is 1. The first-order valence-corrected chi connectivity index (χ1v) is 12.8. The molecule has 0 aliphatic carbocycles. The molecular weight excluding hydrogens is 509 g/mol. The Hall–Kier alpha value is -2.64. The molecule has 0 radical (unpaired) electrons. The molecule has 0 aromatic carbocycles. The zero-order valence-corrected chi connectivity index (χ0v) is 22.7. The molecule has 1 aliphatic rings. The second kappa shape index (κ2) is 11.8. The van der Waals surface area contributed by atoms with Gasteiger partial charge in [0.1, 0.15) is 6.23 Å². The van der Waals surface area contributed by atoms with Crippen LogP contribution in [0.1, 0.15) is 60.6 Å². The summed E-state index contributed by atoms with van der Waals surface area (Å²) in [6.07, 6.45) is 1.95. The second-order valence-corrected chi connectivity index (χ2v) is 11.7. The van der Waals surface area contributed by atoms with E-state index in [0.717, 1.165) is 0 Å². The molecule has 15 heteroatoms. The molecule has 37 heavy (non-hydrogen) atoms. The molecule has 2 unspecified atom stereocenters. The van der Waals surface area contributed by atoms with Gasteiger partial charge >= 0.3 is 20.5 Å². The van der Waals surface area contributed by atoms with Crippen LogP contribution in [0.3, 0.4) is 0 Å². The van der Waals surface area contributed by atoms with Crippen LogP contribution in [-0.2, 0) is 37.4 Å². The number of carbonyl (C=O) groups is 2. The van der Waals surface area contributed by atoms with Crippen LogP contribution in [0.2, 0.25) is 0 Å². The maximum Gasteiger partial charge on any atom is 0.338 e. The van der Waals surface area contributed by atoms with Crippen molar-refractivity contribution in [2.45, 2.75) is 66.7 Å². The Morgan fingerprint density at radius 1 is 1.08 bits per heavy atom. The van der Waals surface area contributed by atoms with Gasteiger partial charge in [-0.15, -0.1) is 0 Å². The van der Waals surface area contributed by atoms with Crippen LogP contribution in [0.5, 0.6) is 0 Å². The van der Waals surface area contributed by atoms with Gasteiger partial charge in [0.2, 0.25) is 19.5 Å². The number of hydrogen-bond acceptors (Lipinski definition) is 12. The van der Waals surface area contributed by atoms with Crippen LogP contribution >= 0.6 is 8.60 Å². The quantitative estimate of drug-likeness (QED) is 0.255. The standard InChI is InChI=1S/C22H34N5O9P/c1-21(2,3)18(29)31-11-34-37(35-12-32-19(30)22(4,5)6)33-9-13-7-8-14(36-13)27-10-24-15-16(27)25-20(23)26-17(15)28/h10,13-14H,7-9,11-12H2,1-6H3,(H3,23,25,26,28). The maximum absolute atomic E-state index is 12.0. The summed E-state index contributed by atoms with van der Waals surface area (Å²) in [7, 11) is -2.03. The number of nitrogens with zero attached hydrogens (tertiary/aromatic N) is 3. The van der Waals surface area contributed by atoms with E-state index in [-0.39, 0.29) is 24.2 Å². The Balaban J connectivity index is 1.56. The number of anilines is 1. The highest BCUT2D eigenvalue weighted by Crippen LogP contribution is 2.41. The highest BCUT2D eigenvalue weighted by molar-refractivity contribution is 7.41. The minimum atomic E-state index is -2.03. The number of aromatic nitrogens is 4. The number of aromatic amines is 1. The Labute approximate surface area is 215 Å². The minimum absolute atomic E-state index is 0.0172. The number of carbonyl (C=O) groups excluding carboxylic acids is 2. The fraction of sp³-hybridized carbons (Fsp3) is 0.682. The van der Waals surface area contributed by atoms with Gasteiger partial charge in [-0.25, -0.2) is 4.98 Å². The molecule has 0 spiro atoms. The Morgan fingerprint density at radius 3 is 2.24 bits per heavy atom. The zero-order chi connectivity index (χ0) is 27.4. The molecule has 0 amide bonds. The average Bonchev–Trinajstić information content (AvgIpc) is 3.42. The Morgan fingerprint density at radius 2 is 1.68 bits per heavy atom. The number of nitrogens with two attached hydrogens (primary N) is 1. The molecule has 2 aromatic heterocycles. The van der Waals surface area contributed by atoms with Crippen molar-refractivity contribution >= 4 is 37.7 Å². The lowest BCUT2D eigenvalue weighted by molar-refractivity contribution is -0.162. The van der Waals surface area contributed by atoms with E-state index in [0.29, 0.717) is 18.5 Å². The lowest BCUT2D eigenvalue weighted by Crippen LogP contribution is -2.24. The van der Waals surface area contributed by atoms with Crippen LogP contribution in [-0.4, -0.2) is 57.8 Å². The molecule has 14 nitrogen and oxygen atoms in total. The van der Waals surface area contributed by atoms with Gasteiger partial charge in [-0.1, -0.05) is 0 Å². The van der Waals surface area contributed by atoms with E-state index in [9.17, 15) is 14.4 Å². The summed E-state index contributed by atoms with van der Waals surface area (Å²) >= 11 is 0. The molecule has 1 fully saturated rings. The number of ether oxygens (including phenoxy) is 3. The Kier molecular flexibility index (Phi) is 9.24. The number of H-pyrrole nitrogens is 1. The van der Waals surface area contributed by atoms with E-state index in [1.807, 2.05) is 0 Å². The van der Waals surface area contributed by atoms with Gasteiger partial charge in [-0.05, 0) is 54.4 Å². The number of fused-ring (bicyclic) bond motifs is 1. The normalized spacial score (nSPS) is 18.5. The second-order valence-electron chi connectivity index (χ2n) is 10.4. The highest BCUT2D eigenvalue weighted by Gasteiger charge is 2.31. The summed E-state index contributed by atoms with van der Waals surface area (Å²) in [6, 6.07) is 0. The molecule has 2 atom stereocenters. The van der Waals surface area contributed by atoms with Crippen molar-refractivity contribution in [1.29, 1.82) is 0 Å². The number of imidazole rings is 1. The van der Waals surface area contributed by atoms with Crippen molar-refractivity contribution < 1.29 is 37.4 Å². The van der Waals surface area contributed by atoms with Crippen molar-refractivity contribution in [3.05, 3.63) is 16.7 Å². The highest BCUT2D eigenvalue weighted by atomic mass is 31.2. The molecule has 3 rings (SSSR count). The summed E-state index contributed by atoms with van der Waals surface area (Å²) < 4.78 is 34.6. The number of rotatable bonds is 10. The monoisotopic (exact) mass is 543 g/mol. The summed E-state index contributed by atoms with van der Waals surface area (Å²) in [5.74, 6) is -0.926. The number of hydrogen-bond donors (Lipinski definition) is 2. The molecule has 3 N–H and O–H groups in total. The third-order valence-corrected chi connectivity index (χ3v) is 6.13. The third kappa shape index (κ3) is 7.92. The summed E-state index contributed by atoms with van der Waals surface area (Å²) in [5.41, 5.74) is 4.31. The first-order valence-electron chi connectivity index (χ1n) is 11.7. The van der Waals surface area contributed by atoms with Crippen LogP contribution in [0.25, 0.3) is 11.2 Å². The molecule has 0 bridgehead atoms. The van der Waals surface area contributed by atoms with E-state index >= 15 is 0 Å². The average molecular weight is 544 g/mol. The van der Waals surface area contributed by atoms with Crippen LogP contribution in [0.15, 0.2) is 11.1 Å². The fourth-order valence-electron chi connectivity index (χ4n) is 3.10. The van der Waals surface area contributed by atoms with Crippen molar-refractivity contribution in [2.75, 3.05) is 25.9 Å². The maximum atomic E-state index is 12.0. The van der Waals surface area contributed by atoms with Crippen molar-refractivity contribution in [3.63, 3.8) is 0 Å². The molecule has 206 valence electrons. The van der Waals surface area contributed by atoms with Crippen molar-refractivity contribution in [3.8, 4) is 0 Å². The van der Waals surface area contributed by atoms with E-state index < -0.39 is 56.7 Å². The van der Waals surface area contributed by atoms with Crippen molar-refractivity contribution in [2.24, 2.45) is 10.8 Å². The fourth-order valence-corrected chi connectivity index (χ4v) is 3.89. The first-order chi connectivity index (χ1) is 17.3. The van der Waals surface area contributed by atoms with Gasteiger partial charge in [-0.3, -0.25) is 33.0 Å². The molecule has 3 heterocycles. The lowest BCUT2D eigenvalue weighted by atomic mass is 9.98. The smallest absolute Gasteiger partial charge is 0.338 e. The summed E-state index contributed by atoms with van der Waals surface area (Å²) in [6.45, 7) is 9.59.